The maximum Gasteiger partial charge on any atom is 0.0178 e. The summed E-state index contributed by atoms with van der Waals surface area (Å²) in [6, 6.07) is 7.71. The highest BCUT2D eigenvalue weighted by Gasteiger charge is 2.22. The first-order valence-corrected chi connectivity index (χ1v) is 8.49. The minimum Gasteiger partial charge on any atom is -0.327 e. The average molecular weight is 339 g/mol. The Kier molecular flexibility index (Phi) is 5.65. The zero-order valence-electron chi connectivity index (χ0n) is 12.9. The first-order chi connectivity index (χ1) is 9.47. The third-order valence-electron chi connectivity index (χ3n) is 4.67. The normalized spacial score (nSPS) is 20.2. The fraction of sp³-hybridized carbons (Fsp3) is 0.647. The van der Waals surface area contributed by atoms with Gasteiger partial charge >= 0.3 is 0 Å². The van der Waals surface area contributed by atoms with Crippen LogP contribution in [0.15, 0.2) is 22.7 Å². The van der Waals surface area contributed by atoms with Crippen LogP contribution in [0.3, 0.4) is 0 Å². The Morgan fingerprint density at radius 3 is 2.80 bits per heavy atom. The van der Waals surface area contributed by atoms with Crippen LogP contribution in [0.1, 0.15) is 37.8 Å². The molecule has 3 heteroatoms. The van der Waals surface area contributed by atoms with Gasteiger partial charge in [0.1, 0.15) is 0 Å². The second-order valence-corrected chi connectivity index (χ2v) is 7.40. The van der Waals surface area contributed by atoms with Gasteiger partial charge in [-0.05, 0) is 68.5 Å². The summed E-state index contributed by atoms with van der Waals surface area (Å²) in [7, 11) is 2.25. The Morgan fingerprint density at radius 1 is 1.35 bits per heavy atom. The predicted molar refractivity (Wildman–Crippen MR) is 90.0 cm³/mol. The zero-order valence-corrected chi connectivity index (χ0v) is 14.5. The van der Waals surface area contributed by atoms with Gasteiger partial charge in [0.15, 0.2) is 0 Å². The van der Waals surface area contributed by atoms with Crippen LogP contribution < -0.4 is 5.73 Å². The largest absolute Gasteiger partial charge is 0.327 e. The van der Waals surface area contributed by atoms with Crippen molar-refractivity contribution in [1.29, 1.82) is 0 Å². The number of benzene rings is 1. The van der Waals surface area contributed by atoms with Crippen LogP contribution in [-0.2, 0) is 12.8 Å². The molecule has 0 aromatic heterocycles. The molecule has 2 N–H and O–H groups in total. The molecule has 0 saturated heterocycles. The van der Waals surface area contributed by atoms with Gasteiger partial charge in [0, 0.05) is 16.6 Å². The van der Waals surface area contributed by atoms with Gasteiger partial charge in [-0.1, -0.05) is 35.8 Å². The summed E-state index contributed by atoms with van der Waals surface area (Å²) in [5.74, 6) is 0.577. The lowest BCUT2D eigenvalue weighted by atomic mass is 9.87. The molecule has 1 aromatic rings. The summed E-state index contributed by atoms with van der Waals surface area (Å²) in [4.78, 5) is 2.51. The minimum atomic E-state index is 0.323. The van der Waals surface area contributed by atoms with Crippen LogP contribution in [0, 0.1) is 5.92 Å². The molecular weight excluding hydrogens is 312 g/mol. The van der Waals surface area contributed by atoms with E-state index in [1.165, 1.54) is 34.9 Å². The van der Waals surface area contributed by atoms with Gasteiger partial charge in [0.05, 0.1) is 0 Å². The second kappa shape index (κ2) is 7.06. The maximum atomic E-state index is 6.16. The number of nitrogens with zero attached hydrogens (tertiary/aromatic N) is 1. The first kappa shape index (κ1) is 16.0. The smallest absolute Gasteiger partial charge is 0.0178 e. The molecule has 1 aliphatic rings. The lowest BCUT2D eigenvalue weighted by Crippen LogP contribution is -2.39. The lowest BCUT2D eigenvalue weighted by molar-refractivity contribution is 0.209. The van der Waals surface area contributed by atoms with Crippen LogP contribution in [0.25, 0.3) is 0 Å². The summed E-state index contributed by atoms with van der Waals surface area (Å²) in [5, 5.41) is 0. The Hall–Kier alpha value is -0.380. The molecule has 0 saturated carbocycles. The standard InChI is InChI=1S/C17H27BrN2/c1-12(2)17(19)8-9-20(3)16-7-5-13-10-15(18)6-4-14(13)11-16/h4,6,10,12,16-17H,5,7-9,11,19H2,1-3H3. The average Bonchev–Trinajstić information content (AvgIpc) is 2.43. The molecule has 0 bridgehead atoms. The van der Waals surface area contributed by atoms with Gasteiger partial charge in [-0.2, -0.15) is 0 Å². The number of hydrogen-bond acceptors (Lipinski definition) is 2. The van der Waals surface area contributed by atoms with Crippen LogP contribution >= 0.6 is 15.9 Å². The Labute approximate surface area is 131 Å². The molecule has 0 spiro atoms. The van der Waals surface area contributed by atoms with Crippen molar-refractivity contribution in [3.8, 4) is 0 Å². The summed E-state index contributed by atoms with van der Waals surface area (Å²) < 4.78 is 1.20. The van der Waals surface area contributed by atoms with Crippen molar-refractivity contribution in [1.82, 2.24) is 4.90 Å². The van der Waals surface area contributed by atoms with Crippen molar-refractivity contribution >= 4 is 15.9 Å². The summed E-state index contributed by atoms with van der Waals surface area (Å²) in [5.41, 5.74) is 9.19. The van der Waals surface area contributed by atoms with Gasteiger partial charge < -0.3 is 10.6 Å². The van der Waals surface area contributed by atoms with E-state index in [9.17, 15) is 0 Å². The second-order valence-electron chi connectivity index (χ2n) is 6.49. The van der Waals surface area contributed by atoms with E-state index < -0.39 is 0 Å². The van der Waals surface area contributed by atoms with Gasteiger partial charge in [-0.3, -0.25) is 0 Å². The first-order valence-electron chi connectivity index (χ1n) is 7.70. The predicted octanol–water partition coefficient (Wildman–Crippen LogP) is 3.61. The van der Waals surface area contributed by atoms with Crippen molar-refractivity contribution in [2.24, 2.45) is 11.7 Å². The van der Waals surface area contributed by atoms with E-state index in [-0.39, 0.29) is 0 Å². The van der Waals surface area contributed by atoms with E-state index in [2.05, 4.69) is 59.9 Å². The van der Waals surface area contributed by atoms with Crippen LogP contribution in [0.5, 0.6) is 0 Å². The molecule has 2 rings (SSSR count). The van der Waals surface area contributed by atoms with Crippen LogP contribution in [0.2, 0.25) is 0 Å². The zero-order chi connectivity index (χ0) is 14.7. The third kappa shape index (κ3) is 4.06. The van der Waals surface area contributed by atoms with Gasteiger partial charge in [-0.25, -0.2) is 0 Å². The van der Waals surface area contributed by atoms with Crippen molar-refractivity contribution in [3.05, 3.63) is 33.8 Å². The number of likely N-dealkylation sites (N-methyl/N-ethyl adjacent to an activating group) is 1. The summed E-state index contributed by atoms with van der Waals surface area (Å²) in [6.07, 6.45) is 4.73. The highest BCUT2D eigenvalue weighted by atomic mass is 79.9. The molecule has 2 unspecified atom stereocenters. The number of aryl methyl sites for hydroxylation is 1. The molecule has 0 aliphatic heterocycles. The molecule has 0 radical (unpaired) electrons. The third-order valence-corrected chi connectivity index (χ3v) is 5.16. The molecule has 0 fully saturated rings. The van der Waals surface area contributed by atoms with Crippen LogP contribution in [-0.4, -0.2) is 30.6 Å². The van der Waals surface area contributed by atoms with Crippen molar-refractivity contribution < 1.29 is 0 Å². The molecule has 112 valence electrons. The molecular formula is C17H27BrN2. The van der Waals surface area contributed by atoms with E-state index in [1.807, 2.05) is 0 Å². The topological polar surface area (TPSA) is 29.3 Å². The quantitative estimate of drug-likeness (QED) is 0.888. The fourth-order valence-electron chi connectivity index (χ4n) is 2.95. The molecule has 1 aliphatic carbocycles. The van der Waals surface area contributed by atoms with Crippen molar-refractivity contribution in [3.63, 3.8) is 0 Å². The molecule has 20 heavy (non-hydrogen) atoms. The SMILES string of the molecule is CC(C)C(N)CCN(C)C1CCc2cc(Br)ccc2C1. The molecule has 1 aromatic carbocycles. The Bertz CT molecular complexity index is 445. The van der Waals surface area contributed by atoms with Crippen LogP contribution in [0.4, 0.5) is 0 Å². The number of hydrogen-bond donors (Lipinski definition) is 1. The lowest BCUT2D eigenvalue weighted by Gasteiger charge is -2.33. The highest BCUT2D eigenvalue weighted by Crippen LogP contribution is 2.27. The minimum absolute atomic E-state index is 0.323. The molecule has 0 amide bonds. The van der Waals surface area contributed by atoms with Crippen molar-refractivity contribution in [2.75, 3.05) is 13.6 Å². The summed E-state index contributed by atoms with van der Waals surface area (Å²) >= 11 is 3.56. The number of halogens is 1. The molecule has 2 atom stereocenters. The number of nitrogens with two attached hydrogens (primary N) is 1. The Morgan fingerprint density at radius 2 is 2.10 bits per heavy atom. The van der Waals surface area contributed by atoms with Gasteiger partial charge in [0.25, 0.3) is 0 Å². The van der Waals surface area contributed by atoms with Gasteiger partial charge in [0.2, 0.25) is 0 Å². The summed E-state index contributed by atoms with van der Waals surface area (Å²) in [6.45, 7) is 5.52. The number of rotatable bonds is 5. The van der Waals surface area contributed by atoms with E-state index in [0.717, 1.165) is 13.0 Å². The van der Waals surface area contributed by atoms with E-state index in [0.29, 0.717) is 18.0 Å². The highest BCUT2D eigenvalue weighted by molar-refractivity contribution is 9.10. The number of fused-ring (bicyclic) bond motifs is 1. The van der Waals surface area contributed by atoms with Crippen molar-refractivity contribution in [2.45, 2.75) is 51.6 Å². The molecule has 2 nitrogen and oxygen atoms in total. The van der Waals surface area contributed by atoms with Gasteiger partial charge in [-0.15, -0.1) is 0 Å². The Balaban J connectivity index is 1.90. The van der Waals surface area contributed by atoms with E-state index in [4.69, 9.17) is 5.73 Å². The monoisotopic (exact) mass is 338 g/mol. The van der Waals surface area contributed by atoms with E-state index >= 15 is 0 Å². The molecule has 0 heterocycles. The van der Waals surface area contributed by atoms with E-state index in [1.54, 1.807) is 0 Å². The fourth-order valence-corrected chi connectivity index (χ4v) is 3.36. The maximum absolute atomic E-state index is 6.16.